The molecule has 0 unspecified atom stereocenters. The van der Waals surface area contributed by atoms with Gasteiger partial charge in [-0.3, -0.25) is 14.4 Å². The van der Waals surface area contributed by atoms with Gasteiger partial charge in [-0.25, -0.2) is 4.98 Å². The maximum absolute atomic E-state index is 11.8. The molecule has 1 amide bonds. The van der Waals surface area contributed by atoms with Gasteiger partial charge < -0.3 is 15.0 Å². The van der Waals surface area contributed by atoms with Crippen molar-refractivity contribution in [3.05, 3.63) is 27.4 Å². The summed E-state index contributed by atoms with van der Waals surface area (Å²) in [5.74, 6) is 0.00614. The Morgan fingerprint density at radius 3 is 2.62 bits per heavy atom. The molecule has 7 heteroatoms. The standard InChI is InChI=1S/C14H21N3O4/c1-4-21-13(19)7-8-15-12(18)6-5-11-9(2)16-10(3)17-14(11)20/h4-8H2,1-3H3,(H,15,18)(H,16,17,20). The molecule has 7 nitrogen and oxygen atoms in total. The Balaban J connectivity index is 2.40. The molecule has 2 N–H and O–H groups in total. The van der Waals surface area contributed by atoms with Crippen molar-refractivity contribution in [2.75, 3.05) is 13.2 Å². The zero-order valence-corrected chi connectivity index (χ0v) is 12.6. The van der Waals surface area contributed by atoms with Gasteiger partial charge in [0.15, 0.2) is 0 Å². The largest absolute Gasteiger partial charge is 0.466 e. The van der Waals surface area contributed by atoms with Crippen molar-refractivity contribution < 1.29 is 14.3 Å². The first kappa shape index (κ1) is 16.9. The van der Waals surface area contributed by atoms with Crippen molar-refractivity contribution in [1.82, 2.24) is 15.3 Å². The van der Waals surface area contributed by atoms with E-state index in [2.05, 4.69) is 15.3 Å². The highest BCUT2D eigenvalue weighted by Crippen LogP contribution is 2.02. The van der Waals surface area contributed by atoms with Gasteiger partial charge in [-0.1, -0.05) is 0 Å². The van der Waals surface area contributed by atoms with Gasteiger partial charge >= 0.3 is 5.97 Å². The van der Waals surface area contributed by atoms with Gasteiger partial charge in [0, 0.05) is 24.2 Å². The molecule has 116 valence electrons. The molecule has 1 heterocycles. The lowest BCUT2D eigenvalue weighted by Crippen LogP contribution is -2.28. The van der Waals surface area contributed by atoms with E-state index in [0.29, 0.717) is 30.1 Å². The second kappa shape index (κ2) is 8.18. The maximum Gasteiger partial charge on any atom is 0.307 e. The van der Waals surface area contributed by atoms with Crippen LogP contribution < -0.4 is 10.9 Å². The number of rotatable bonds is 7. The average Bonchev–Trinajstić information content (AvgIpc) is 2.37. The Morgan fingerprint density at radius 2 is 2.00 bits per heavy atom. The molecule has 0 saturated carbocycles. The van der Waals surface area contributed by atoms with E-state index in [0.717, 1.165) is 0 Å². The van der Waals surface area contributed by atoms with Crippen LogP contribution in [0.3, 0.4) is 0 Å². The molecule has 0 aliphatic carbocycles. The maximum atomic E-state index is 11.8. The van der Waals surface area contributed by atoms with E-state index in [1.54, 1.807) is 20.8 Å². The number of amides is 1. The highest BCUT2D eigenvalue weighted by Gasteiger charge is 2.10. The zero-order valence-electron chi connectivity index (χ0n) is 12.6. The van der Waals surface area contributed by atoms with Crippen molar-refractivity contribution in [1.29, 1.82) is 0 Å². The van der Waals surface area contributed by atoms with Crippen molar-refractivity contribution in [2.45, 2.75) is 40.0 Å². The Hall–Kier alpha value is -2.18. The number of nitrogens with one attached hydrogen (secondary N) is 2. The Labute approximate surface area is 123 Å². The molecule has 0 bridgehead atoms. The number of aromatic amines is 1. The fraction of sp³-hybridized carbons (Fsp3) is 0.571. The highest BCUT2D eigenvalue weighted by molar-refractivity contribution is 5.77. The number of H-pyrrole nitrogens is 1. The number of carbonyl (C=O) groups is 2. The molecule has 0 aromatic carbocycles. The molecular weight excluding hydrogens is 274 g/mol. The molecule has 0 atom stereocenters. The number of hydrogen-bond donors (Lipinski definition) is 2. The van der Waals surface area contributed by atoms with Crippen molar-refractivity contribution in [3.63, 3.8) is 0 Å². The fourth-order valence-corrected chi connectivity index (χ4v) is 1.91. The second-order valence-electron chi connectivity index (χ2n) is 4.62. The van der Waals surface area contributed by atoms with E-state index in [-0.39, 0.29) is 36.8 Å². The molecule has 1 rings (SSSR count). The van der Waals surface area contributed by atoms with Gasteiger partial charge in [-0.2, -0.15) is 0 Å². The Kier molecular flexibility index (Phi) is 6.58. The predicted octanol–water partition coefficient (Wildman–Crippen LogP) is 0.389. The lowest BCUT2D eigenvalue weighted by atomic mass is 10.1. The first-order valence-corrected chi connectivity index (χ1v) is 6.92. The molecular formula is C14H21N3O4. The first-order chi connectivity index (χ1) is 9.93. The van der Waals surface area contributed by atoms with Crippen LogP contribution in [0.1, 0.15) is 36.8 Å². The van der Waals surface area contributed by atoms with Gasteiger partial charge in [0.25, 0.3) is 5.56 Å². The van der Waals surface area contributed by atoms with E-state index in [4.69, 9.17) is 4.74 Å². The molecule has 0 radical (unpaired) electrons. The zero-order chi connectivity index (χ0) is 15.8. The lowest BCUT2D eigenvalue weighted by molar-refractivity contribution is -0.143. The van der Waals surface area contributed by atoms with E-state index >= 15 is 0 Å². The van der Waals surface area contributed by atoms with Crippen molar-refractivity contribution in [2.24, 2.45) is 0 Å². The number of carbonyl (C=O) groups excluding carboxylic acids is 2. The van der Waals surface area contributed by atoms with Gasteiger partial charge in [0.1, 0.15) is 5.82 Å². The number of esters is 1. The van der Waals surface area contributed by atoms with Crippen LogP contribution in [0.4, 0.5) is 0 Å². The topological polar surface area (TPSA) is 101 Å². The molecule has 0 aliphatic rings. The summed E-state index contributed by atoms with van der Waals surface area (Å²) in [4.78, 5) is 41.3. The molecule has 0 fully saturated rings. The Morgan fingerprint density at radius 1 is 1.29 bits per heavy atom. The van der Waals surface area contributed by atoms with Crippen LogP contribution in [-0.2, 0) is 20.7 Å². The van der Waals surface area contributed by atoms with Crippen LogP contribution in [0.15, 0.2) is 4.79 Å². The van der Waals surface area contributed by atoms with Crippen LogP contribution in [0, 0.1) is 13.8 Å². The summed E-state index contributed by atoms with van der Waals surface area (Å²) >= 11 is 0. The molecule has 1 aromatic heterocycles. The van der Waals surface area contributed by atoms with Crippen LogP contribution in [0.5, 0.6) is 0 Å². The number of ether oxygens (including phenoxy) is 1. The summed E-state index contributed by atoms with van der Waals surface area (Å²) in [6.07, 6.45) is 0.641. The summed E-state index contributed by atoms with van der Waals surface area (Å²) in [5, 5.41) is 2.62. The van der Waals surface area contributed by atoms with Gasteiger partial charge in [0.2, 0.25) is 5.91 Å². The number of nitrogens with zero attached hydrogens (tertiary/aromatic N) is 1. The minimum Gasteiger partial charge on any atom is -0.466 e. The average molecular weight is 295 g/mol. The fourth-order valence-electron chi connectivity index (χ4n) is 1.91. The summed E-state index contributed by atoms with van der Waals surface area (Å²) in [6.45, 7) is 5.75. The third-order valence-corrected chi connectivity index (χ3v) is 2.90. The van der Waals surface area contributed by atoms with Crippen LogP contribution in [-0.4, -0.2) is 35.0 Å². The van der Waals surface area contributed by atoms with Crippen molar-refractivity contribution in [3.8, 4) is 0 Å². The van der Waals surface area contributed by atoms with Crippen molar-refractivity contribution >= 4 is 11.9 Å². The lowest BCUT2D eigenvalue weighted by Gasteiger charge is -2.06. The van der Waals surface area contributed by atoms with E-state index in [9.17, 15) is 14.4 Å². The molecule has 0 spiro atoms. The van der Waals surface area contributed by atoms with Crippen LogP contribution in [0.25, 0.3) is 0 Å². The number of hydrogen-bond acceptors (Lipinski definition) is 5. The number of aryl methyl sites for hydroxylation is 2. The SMILES string of the molecule is CCOC(=O)CCNC(=O)CCc1c(C)nc(C)[nH]c1=O. The van der Waals surface area contributed by atoms with E-state index < -0.39 is 0 Å². The smallest absolute Gasteiger partial charge is 0.307 e. The van der Waals surface area contributed by atoms with Gasteiger partial charge in [-0.15, -0.1) is 0 Å². The predicted molar refractivity (Wildman–Crippen MR) is 76.9 cm³/mol. The van der Waals surface area contributed by atoms with Crippen LogP contribution in [0.2, 0.25) is 0 Å². The minimum absolute atomic E-state index is 0.144. The quantitative estimate of drug-likeness (QED) is 0.709. The highest BCUT2D eigenvalue weighted by atomic mass is 16.5. The van der Waals surface area contributed by atoms with E-state index in [1.165, 1.54) is 0 Å². The molecule has 0 aliphatic heterocycles. The molecule has 0 saturated heterocycles. The van der Waals surface area contributed by atoms with Gasteiger partial charge in [-0.05, 0) is 27.2 Å². The summed E-state index contributed by atoms with van der Waals surface area (Å²) in [7, 11) is 0. The monoisotopic (exact) mass is 295 g/mol. The van der Waals surface area contributed by atoms with Gasteiger partial charge in [0.05, 0.1) is 13.0 Å². The van der Waals surface area contributed by atoms with Crippen LogP contribution >= 0.6 is 0 Å². The normalized spacial score (nSPS) is 10.2. The summed E-state index contributed by atoms with van der Waals surface area (Å²) in [6, 6.07) is 0. The molecule has 21 heavy (non-hydrogen) atoms. The third kappa shape index (κ3) is 5.76. The third-order valence-electron chi connectivity index (χ3n) is 2.90. The summed E-state index contributed by atoms with van der Waals surface area (Å²) in [5.41, 5.74) is 0.941. The molecule has 1 aromatic rings. The Bertz CT molecular complexity index is 566. The van der Waals surface area contributed by atoms with E-state index in [1.807, 2.05) is 0 Å². The number of aromatic nitrogens is 2. The second-order valence-corrected chi connectivity index (χ2v) is 4.62. The minimum atomic E-state index is -0.340. The summed E-state index contributed by atoms with van der Waals surface area (Å²) < 4.78 is 4.75. The first-order valence-electron chi connectivity index (χ1n) is 6.92.